The van der Waals surface area contributed by atoms with E-state index in [0.29, 0.717) is 11.7 Å². The fraction of sp³-hybridized carbons (Fsp3) is 0.200. The van der Waals surface area contributed by atoms with Crippen LogP contribution in [0.1, 0.15) is 16.7 Å². The van der Waals surface area contributed by atoms with Crippen molar-refractivity contribution in [1.82, 2.24) is 10.3 Å². The van der Waals surface area contributed by atoms with E-state index >= 15 is 0 Å². The highest BCUT2D eigenvalue weighted by Crippen LogP contribution is 2.27. The zero-order chi connectivity index (χ0) is 17.6. The first-order valence-electron chi connectivity index (χ1n) is 8.24. The maximum absolute atomic E-state index is 12.0. The first-order valence-corrected chi connectivity index (χ1v) is 9.12. The Balaban J connectivity index is 1.55. The Hall–Kier alpha value is -2.66. The van der Waals surface area contributed by atoms with E-state index in [0.717, 1.165) is 17.7 Å². The third kappa shape index (κ3) is 4.67. The number of nitrogens with zero attached hydrogens (tertiary/aromatic N) is 1. The summed E-state index contributed by atoms with van der Waals surface area (Å²) in [6.07, 6.45) is 0.805. The number of thiazole rings is 1. The minimum atomic E-state index is -0.225. The van der Waals surface area contributed by atoms with E-state index in [1.54, 1.807) is 0 Å². The number of benzene rings is 2. The SMILES string of the molecule is Cc1ccc(-c2csc(NC(=O)NCCc3ccccc3)n2)c(C)c1. The van der Waals surface area contributed by atoms with Crippen LogP contribution in [0.15, 0.2) is 53.9 Å². The number of carbonyl (C=O) groups is 1. The van der Waals surface area contributed by atoms with Crippen LogP contribution in [0.5, 0.6) is 0 Å². The molecule has 2 aromatic carbocycles. The van der Waals surface area contributed by atoms with E-state index < -0.39 is 0 Å². The van der Waals surface area contributed by atoms with E-state index in [9.17, 15) is 4.79 Å². The summed E-state index contributed by atoms with van der Waals surface area (Å²) in [6.45, 7) is 4.74. The monoisotopic (exact) mass is 351 g/mol. The van der Waals surface area contributed by atoms with Crippen LogP contribution in [0.3, 0.4) is 0 Å². The normalized spacial score (nSPS) is 10.5. The molecule has 0 aliphatic rings. The molecule has 0 aliphatic carbocycles. The molecule has 1 heterocycles. The second-order valence-electron chi connectivity index (χ2n) is 5.97. The Morgan fingerprint density at radius 1 is 1.12 bits per heavy atom. The van der Waals surface area contributed by atoms with Crippen LogP contribution in [0.25, 0.3) is 11.3 Å². The third-order valence-electron chi connectivity index (χ3n) is 3.92. The van der Waals surface area contributed by atoms with Gasteiger partial charge in [0.05, 0.1) is 5.69 Å². The summed E-state index contributed by atoms with van der Waals surface area (Å²) in [5.41, 5.74) is 5.60. The zero-order valence-corrected chi connectivity index (χ0v) is 15.2. The van der Waals surface area contributed by atoms with Crippen molar-refractivity contribution in [3.8, 4) is 11.3 Å². The Kier molecular flexibility index (Phi) is 5.46. The number of carbonyl (C=O) groups excluding carboxylic acids is 1. The Bertz CT molecular complexity index is 858. The zero-order valence-electron chi connectivity index (χ0n) is 14.4. The highest BCUT2D eigenvalue weighted by atomic mass is 32.1. The second kappa shape index (κ2) is 7.94. The van der Waals surface area contributed by atoms with E-state index in [1.165, 1.54) is 28.0 Å². The molecular formula is C20H21N3OS. The van der Waals surface area contributed by atoms with Crippen molar-refractivity contribution >= 4 is 22.5 Å². The summed E-state index contributed by atoms with van der Waals surface area (Å²) in [5.74, 6) is 0. The van der Waals surface area contributed by atoms with Gasteiger partial charge in [-0.1, -0.05) is 54.1 Å². The van der Waals surface area contributed by atoms with Crippen molar-refractivity contribution in [2.75, 3.05) is 11.9 Å². The summed E-state index contributed by atoms with van der Waals surface area (Å²) in [7, 11) is 0. The molecule has 0 spiro atoms. The lowest BCUT2D eigenvalue weighted by Gasteiger charge is -2.06. The summed E-state index contributed by atoms with van der Waals surface area (Å²) in [6, 6.07) is 16.1. The van der Waals surface area contributed by atoms with E-state index in [4.69, 9.17) is 0 Å². The molecule has 0 saturated heterocycles. The lowest BCUT2D eigenvalue weighted by atomic mass is 10.0. The number of hydrogen-bond donors (Lipinski definition) is 2. The quantitative estimate of drug-likeness (QED) is 0.694. The van der Waals surface area contributed by atoms with Crippen molar-refractivity contribution in [2.24, 2.45) is 0 Å². The third-order valence-corrected chi connectivity index (χ3v) is 4.68. The molecule has 25 heavy (non-hydrogen) atoms. The fourth-order valence-corrected chi connectivity index (χ4v) is 3.37. The maximum Gasteiger partial charge on any atom is 0.321 e. The van der Waals surface area contributed by atoms with Crippen LogP contribution in [0, 0.1) is 13.8 Å². The van der Waals surface area contributed by atoms with Gasteiger partial charge in [-0.05, 0) is 31.4 Å². The van der Waals surface area contributed by atoms with Gasteiger partial charge in [0.25, 0.3) is 0 Å². The molecule has 0 unspecified atom stereocenters. The first kappa shape index (κ1) is 17.2. The number of aryl methyl sites for hydroxylation is 2. The van der Waals surface area contributed by atoms with Gasteiger partial charge in [-0.25, -0.2) is 9.78 Å². The predicted molar refractivity (Wildman–Crippen MR) is 104 cm³/mol. The molecule has 2 amide bonds. The van der Waals surface area contributed by atoms with E-state index in [1.807, 2.05) is 23.6 Å². The molecule has 0 saturated carbocycles. The second-order valence-corrected chi connectivity index (χ2v) is 6.83. The molecule has 0 aliphatic heterocycles. The van der Waals surface area contributed by atoms with Crippen LogP contribution < -0.4 is 10.6 Å². The van der Waals surface area contributed by atoms with Crippen LogP contribution in [-0.4, -0.2) is 17.6 Å². The van der Waals surface area contributed by atoms with Gasteiger partial charge in [0.15, 0.2) is 5.13 Å². The summed E-state index contributed by atoms with van der Waals surface area (Å²) in [4.78, 5) is 16.5. The fourth-order valence-electron chi connectivity index (χ4n) is 2.66. The number of anilines is 1. The molecule has 0 radical (unpaired) electrons. The standard InChI is InChI=1S/C20H21N3OS/c1-14-8-9-17(15(2)12-14)18-13-25-20(22-18)23-19(24)21-11-10-16-6-4-3-5-7-16/h3-9,12-13H,10-11H2,1-2H3,(H2,21,22,23,24). The number of hydrogen-bond acceptors (Lipinski definition) is 3. The molecule has 3 rings (SSSR count). The number of amides is 2. The molecule has 2 N–H and O–H groups in total. The smallest absolute Gasteiger partial charge is 0.321 e. The Labute approximate surface area is 151 Å². The molecule has 0 bridgehead atoms. The Morgan fingerprint density at radius 2 is 1.92 bits per heavy atom. The molecule has 5 heteroatoms. The van der Waals surface area contributed by atoms with E-state index in [2.05, 4.69) is 59.8 Å². The summed E-state index contributed by atoms with van der Waals surface area (Å²) in [5, 5.41) is 8.24. The van der Waals surface area contributed by atoms with Gasteiger partial charge in [-0.15, -0.1) is 11.3 Å². The highest BCUT2D eigenvalue weighted by Gasteiger charge is 2.09. The minimum Gasteiger partial charge on any atom is -0.337 e. The van der Waals surface area contributed by atoms with Crippen molar-refractivity contribution in [3.63, 3.8) is 0 Å². The molecule has 3 aromatic rings. The number of rotatable bonds is 5. The van der Waals surface area contributed by atoms with Gasteiger partial charge in [0, 0.05) is 17.5 Å². The Morgan fingerprint density at radius 3 is 2.68 bits per heavy atom. The highest BCUT2D eigenvalue weighted by molar-refractivity contribution is 7.14. The van der Waals surface area contributed by atoms with E-state index in [-0.39, 0.29) is 6.03 Å². The summed E-state index contributed by atoms with van der Waals surface area (Å²) < 4.78 is 0. The van der Waals surface area contributed by atoms with Gasteiger partial charge in [-0.3, -0.25) is 5.32 Å². The molecule has 0 atom stereocenters. The van der Waals surface area contributed by atoms with Crippen LogP contribution in [-0.2, 0) is 6.42 Å². The lowest BCUT2D eigenvalue weighted by Crippen LogP contribution is -2.30. The molecule has 1 aromatic heterocycles. The van der Waals surface area contributed by atoms with Crippen molar-refractivity contribution in [3.05, 3.63) is 70.6 Å². The van der Waals surface area contributed by atoms with Gasteiger partial charge >= 0.3 is 6.03 Å². The number of nitrogens with one attached hydrogen (secondary N) is 2. The molecule has 128 valence electrons. The van der Waals surface area contributed by atoms with Crippen molar-refractivity contribution in [1.29, 1.82) is 0 Å². The van der Waals surface area contributed by atoms with Crippen LogP contribution in [0.2, 0.25) is 0 Å². The minimum absolute atomic E-state index is 0.225. The first-order chi connectivity index (χ1) is 12.1. The van der Waals surface area contributed by atoms with Crippen molar-refractivity contribution in [2.45, 2.75) is 20.3 Å². The lowest BCUT2D eigenvalue weighted by molar-refractivity contribution is 0.252. The maximum atomic E-state index is 12.0. The average Bonchev–Trinajstić information content (AvgIpc) is 3.04. The number of aromatic nitrogens is 1. The van der Waals surface area contributed by atoms with Gasteiger partial charge < -0.3 is 5.32 Å². The average molecular weight is 351 g/mol. The largest absolute Gasteiger partial charge is 0.337 e. The van der Waals surface area contributed by atoms with Crippen LogP contribution >= 0.6 is 11.3 Å². The van der Waals surface area contributed by atoms with Gasteiger partial charge in [0.2, 0.25) is 0 Å². The molecule has 4 nitrogen and oxygen atoms in total. The molecular weight excluding hydrogens is 330 g/mol. The topological polar surface area (TPSA) is 54.0 Å². The molecule has 0 fully saturated rings. The van der Waals surface area contributed by atoms with Crippen LogP contribution in [0.4, 0.5) is 9.93 Å². The van der Waals surface area contributed by atoms with Crippen molar-refractivity contribution < 1.29 is 4.79 Å². The number of urea groups is 1. The summed E-state index contributed by atoms with van der Waals surface area (Å²) >= 11 is 1.43. The predicted octanol–water partition coefficient (Wildman–Crippen LogP) is 4.79. The van der Waals surface area contributed by atoms with Gasteiger partial charge in [-0.2, -0.15) is 0 Å². The van der Waals surface area contributed by atoms with Gasteiger partial charge in [0.1, 0.15) is 0 Å².